The Hall–Kier alpha value is -5.35. The van der Waals surface area contributed by atoms with Crippen LogP contribution in [0.1, 0.15) is 141 Å². The summed E-state index contributed by atoms with van der Waals surface area (Å²) in [6.45, 7) is 18.7. The van der Waals surface area contributed by atoms with E-state index in [9.17, 15) is 0 Å². The first kappa shape index (κ1) is 37.0. The highest BCUT2D eigenvalue weighted by Gasteiger charge is 2.43. The monoisotopic (exact) mass is 763 g/mol. The third-order valence-corrected chi connectivity index (χ3v) is 13.9. The van der Waals surface area contributed by atoms with Crippen molar-refractivity contribution in [3.63, 3.8) is 0 Å². The third kappa shape index (κ3) is 6.05. The molecule has 0 radical (unpaired) electrons. The molecule has 4 heteroatoms. The zero-order valence-electron chi connectivity index (χ0n) is 35.2. The van der Waals surface area contributed by atoms with Gasteiger partial charge in [0.2, 0.25) is 17.1 Å². The lowest BCUT2D eigenvalue weighted by Crippen LogP contribution is -2.49. The summed E-state index contributed by atoms with van der Waals surface area (Å²) in [6.07, 6.45) is 14.2. The van der Waals surface area contributed by atoms with Crippen molar-refractivity contribution < 1.29 is 13.6 Å². The van der Waals surface area contributed by atoms with Gasteiger partial charge >= 0.3 is 0 Å². The van der Waals surface area contributed by atoms with Crippen LogP contribution in [0.5, 0.6) is 0 Å². The molecule has 3 aromatic carbocycles. The largest absolute Gasteiger partial charge is 0.437 e. The molecular weight excluding hydrogens is 707 g/mol. The van der Waals surface area contributed by atoms with Gasteiger partial charge < -0.3 is 4.42 Å². The van der Waals surface area contributed by atoms with E-state index in [2.05, 4.69) is 148 Å². The molecule has 2 unspecified atom stereocenters. The summed E-state index contributed by atoms with van der Waals surface area (Å²) in [6, 6.07) is 32.4. The first-order valence-corrected chi connectivity index (χ1v) is 22.0. The first-order valence-electron chi connectivity index (χ1n) is 22.0. The molecule has 2 atom stereocenters. The van der Waals surface area contributed by atoms with E-state index in [4.69, 9.17) is 16.0 Å². The van der Waals surface area contributed by atoms with Crippen LogP contribution in [0.3, 0.4) is 0 Å². The van der Waals surface area contributed by atoms with E-state index in [0.29, 0.717) is 29.4 Å². The number of fused-ring (bicyclic) bond motifs is 13. The average molecular weight is 764 g/mol. The number of furan rings is 1. The van der Waals surface area contributed by atoms with Crippen LogP contribution in [0.15, 0.2) is 108 Å². The van der Waals surface area contributed by atoms with E-state index in [-0.39, 0.29) is 6.04 Å². The Morgan fingerprint density at radius 2 is 1.48 bits per heavy atom. The van der Waals surface area contributed by atoms with Crippen molar-refractivity contribution in [3.05, 3.63) is 143 Å². The van der Waals surface area contributed by atoms with Crippen molar-refractivity contribution in [2.45, 2.75) is 123 Å². The number of aryl methyl sites for hydroxylation is 3. The van der Waals surface area contributed by atoms with Gasteiger partial charge in [-0.3, -0.25) is 0 Å². The maximum Gasteiger partial charge on any atom is 0.227 e. The molecule has 4 nitrogen and oxygen atoms in total. The summed E-state index contributed by atoms with van der Waals surface area (Å²) >= 11 is 0. The van der Waals surface area contributed by atoms with E-state index < -0.39 is 0 Å². The van der Waals surface area contributed by atoms with Crippen LogP contribution >= 0.6 is 0 Å². The molecule has 292 valence electrons. The number of allylic oxidation sites excluding steroid dienone is 1. The molecular formula is C54H57N3O+2. The van der Waals surface area contributed by atoms with Crippen LogP contribution < -0.4 is 9.13 Å². The molecule has 6 heterocycles. The van der Waals surface area contributed by atoms with E-state index in [1.54, 1.807) is 0 Å². The van der Waals surface area contributed by atoms with E-state index in [1.807, 2.05) is 0 Å². The smallest absolute Gasteiger partial charge is 0.227 e. The fourth-order valence-corrected chi connectivity index (χ4v) is 11.0. The van der Waals surface area contributed by atoms with Crippen molar-refractivity contribution in [2.75, 3.05) is 0 Å². The highest BCUT2D eigenvalue weighted by Crippen LogP contribution is 2.47. The quantitative estimate of drug-likeness (QED) is 0.167. The summed E-state index contributed by atoms with van der Waals surface area (Å²) in [4.78, 5) is 5.37. The minimum absolute atomic E-state index is 0.284. The molecule has 0 amide bonds. The number of pyridine rings is 3. The Morgan fingerprint density at radius 1 is 0.724 bits per heavy atom. The highest BCUT2D eigenvalue weighted by molar-refractivity contribution is 6.09. The van der Waals surface area contributed by atoms with Crippen LogP contribution in [-0.2, 0) is 6.42 Å². The van der Waals surface area contributed by atoms with Crippen molar-refractivity contribution in [1.29, 1.82) is 0 Å². The first-order chi connectivity index (χ1) is 28.2. The topological polar surface area (TPSA) is 33.8 Å². The van der Waals surface area contributed by atoms with Crippen LogP contribution in [0.4, 0.5) is 0 Å². The van der Waals surface area contributed by atoms with Gasteiger partial charge in [0.25, 0.3) is 0 Å². The highest BCUT2D eigenvalue weighted by atomic mass is 16.3. The molecule has 3 aliphatic rings. The number of hydrogen-bond donors (Lipinski definition) is 0. The molecule has 58 heavy (non-hydrogen) atoms. The zero-order chi connectivity index (χ0) is 39.8. The molecule has 0 bridgehead atoms. The van der Waals surface area contributed by atoms with Gasteiger partial charge in [0.15, 0.2) is 29.7 Å². The summed E-state index contributed by atoms with van der Waals surface area (Å²) in [7, 11) is 0. The molecule has 0 saturated heterocycles. The predicted octanol–water partition coefficient (Wildman–Crippen LogP) is 13.6. The molecule has 7 aromatic rings. The van der Waals surface area contributed by atoms with E-state index >= 15 is 0 Å². The number of hydrogen-bond acceptors (Lipinski definition) is 2. The molecule has 10 rings (SSSR count). The number of benzene rings is 3. The lowest BCUT2D eigenvalue weighted by molar-refractivity contribution is -0.719. The summed E-state index contributed by atoms with van der Waals surface area (Å²) in [5.74, 6) is 1.64. The minimum Gasteiger partial charge on any atom is -0.437 e. The fourth-order valence-electron chi connectivity index (χ4n) is 11.0. The van der Waals surface area contributed by atoms with Crippen LogP contribution in [0.25, 0.3) is 61.5 Å². The van der Waals surface area contributed by atoms with Gasteiger partial charge in [-0.15, -0.1) is 0 Å². The molecule has 4 aromatic heterocycles. The van der Waals surface area contributed by atoms with Crippen molar-refractivity contribution in [3.8, 4) is 33.8 Å². The van der Waals surface area contributed by atoms with Crippen LogP contribution in [0, 0.1) is 13.8 Å². The Balaban J connectivity index is 1.20. The van der Waals surface area contributed by atoms with Gasteiger partial charge in [0.1, 0.15) is 0 Å². The summed E-state index contributed by atoms with van der Waals surface area (Å²) in [5.41, 5.74) is 19.6. The molecule has 1 fully saturated rings. The maximum absolute atomic E-state index is 7.13. The maximum atomic E-state index is 7.13. The van der Waals surface area contributed by atoms with Crippen molar-refractivity contribution >= 4 is 27.8 Å². The molecule has 1 saturated carbocycles. The SMILES string of the molecule is C=C1CC2c3ccccc3-c3ccc(C)c[n+]3C2CCc2ccc3c(oc4nc(-c5c(C(C)C)cccc5C(C)C)ccc43)c2-c2cc(C)c(C3CCCCC3)c[n+]21. The lowest BCUT2D eigenvalue weighted by Gasteiger charge is -2.31. The van der Waals surface area contributed by atoms with Gasteiger partial charge in [-0.05, 0) is 110 Å². The third-order valence-electron chi connectivity index (χ3n) is 13.9. The van der Waals surface area contributed by atoms with E-state index in [1.165, 1.54) is 99.1 Å². The van der Waals surface area contributed by atoms with E-state index in [0.717, 1.165) is 47.0 Å². The van der Waals surface area contributed by atoms with Crippen LogP contribution in [-0.4, -0.2) is 4.98 Å². The zero-order valence-corrected chi connectivity index (χ0v) is 35.2. The number of nitrogens with zero attached hydrogens (tertiary/aromatic N) is 3. The summed E-state index contributed by atoms with van der Waals surface area (Å²) in [5, 5.41) is 2.19. The standard InChI is InChI=1S/C54H57N3O/c1-32(2)39-18-13-19-40(33(3)4)52(39)47-25-24-44-43-23-21-38-22-27-49-45(41-16-11-12-17-42(41)48-26-20-34(5)30-57(48)49)29-36(7)56-31-46(37-14-9-8-10-15-37)35(6)28-50(56)51(38)53(43)58-54(44)55-47/h11-13,16-21,23-26,28,30-33,37,45,49H,7-10,14-15,22,27,29H2,1-6H3/q+2. The Bertz CT molecular complexity index is 2730. The van der Waals surface area contributed by atoms with Gasteiger partial charge in [0.05, 0.1) is 17.2 Å². The Labute approximate surface area is 344 Å². The van der Waals surface area contributed by atoms with Gasteiger partial charge in [0, 0.05) is 58.0 Å². The second-order valence-corrected chi connectivity index (χ2v) is 18.3. The van der Waals surface area contributed by atoms with Crippen molar-refractivity contribution in [2.24, 2.45) is 0 Å². The Morgan fingerprint density at radius 3 is 2.26 bits per heavy atom. The average Bonchev–Trinajstić information content (AvgIpc) is 3.60. The fraction of sp³-hybridized carbons (Fsp3) is 0.352. The van der Waals surface area contributed by atoms with Crippen molar-refractivity contribution in [1.82, 2.24) is 4.98 Å². The van der Waals surface area contributed by atoms with Gasteiger partial charge in [-0.1, -0.05) is 95.5 Å². The second-order valence-electron chi connectivity index (χ2n) is 18.3. The molecule has 1 aliphatic carbocycles. The van der Waals surface area contributed by atoms with Gasteiger partial charge in [-0.25, -0.2) is 4.98 Å². The normalized spacial score (nSPS) is 18.2. The predicted molar refractivity (Wildman–Crippen MR) is 238 cm³/mol. The summed E-state index contributed by atoms with van der Waals surface area (Å²) < 4.78 is 12.2. The van der Waals surface area contributed by atoms with Crippen LogP contribution in [0.2, 0.25) is 0 Å². The van der Waals surface area contributed by atoms with Gasteiger partial charge in [-0.2, -0.15) is 9.13 Å². The molecule has 0 spiro atoms. The minimum atomic E-state index is 0.284. The number of rotatable bonds is 4. The second kappa shape index (κ2) is 14.5. The lowest BCUT2D eigenvalue weighted by atomic mass is 9.77. The molecule has 0 N–H and O–H groups in total. The number of aromatic nitrogens is 3. The Kier molecular flexibility index (Phi) is 9.23. The molecule has 2 aliphatic heterocycles.